The molecule has 90 valence electrons. The number of aryl methyl sites for hydroxylation is 1. The molecule has 1 amide bonds. The van der Waals surface area contributed by atoms with Crippen LogP contribution in [0.1, 0.15) is 36.2 Å². The fourth-order valence-corrected chi connectivity index (χ4v) is 2.89. The SMILES string of the molecule is Cn1cc2c(c1C=O)NC(=O)C1(CCCC1)N2. The molecule has 2 heterocycles. The summed E-state index contributed by atoms with van der Waals surface area (Å²) in [6.45, 7) is 0. The van der Waals surface area contributed by atoms with Gasteiger partial charge in [0.05, 0.1) is 11.4 Å². The van der Waals surface area contributed by atoms with E-state index in [0.29, 0.717) is 11.4 Å². The lowest BCUT2D eigenvalue weighted by molar-refractivity contribution is -0.120. The summed E-state index contributed by atoms with van der Waals surface area (Å²) >= 11 is 0. The lowest BCUT2D eigenvalue weighted by atomic mass is 9.93. The molecule has 1 saturated carbocycles. The van der Waals surface area contributed by atoms with Crippen LogP contribution in [0.4, 0.5) is 11.4 Å². The molecule has 5 heteroatoms. The first-order valence-corrected chi connectivity index (χ1v) is 5.90. The van der Waals surface area contributed by atoms with Crippen molar-refractivity contribution in [2.24, 2.45) is 7.05 Å². The van der Waals surface area contributed by atoms with Crippen LogP contribution in [-0.2, 0) is 11.8 Å². The molecular weight excluding hydrogens is 218 g/mol. The zero-order valence-corrected chi connectivity index (χ0v) is 9.75. The van der Waals surface area contributed by atoms with Gasteiger partial charge in [-0.15, -0.1) is 0 Å². The molecule has 0 unspecified atom stereocenters. The van der Waals surface area contributed by atoms with Crippen LogP contribution in [0.2, 0.25) is 0 Å². The molecule has 0 radical (unpaired) electrons. The number of aldehydes is 1. The Labute approximate surface area is 99.2 Å². The van der Waals surface area contributed by atoms with Crippen molar-refractivity contribution in [2.45, 2.75) is 31.2 Å². The first kappa shape index (κ1) is 10.4. The Kier molecular flexibility index (Phi) is 2.05. The number of nitrogens with zero attached hydrogens (tertiary/aromatic N) is 1. The molecule has 1 spiro atoms. The molecule has 1 aromatic rings. The zero-order valence-electron chi connectivity index (χ0n) is 9.75. The molecule has 0 saturated heterocycles. The summed E-state index contributed by atoms with van der Waals surface area (Å²) in [6, 6.07) is 0. The monoisotopic (exact) mass is 233 g/mol. The second-order valence-corrected chi connectivity index (χ2v) is 4.90. The quantitative estimate of drug-likeness (QED) is 0.723. The number of aromatic nitrogens is 1. The Morgan fingerprint density at radius 2 is 2.12 bits per heavy atom. The van der Waals surface area contributed by atoms with Crippen molar-refractivity contribution in [2.75, 3.05) is 10.6 Å². The highest BCUT2D eigenvalue weighted by Gasteiger charge is 2.45. The molecule has 1 aliphatic heterocycles. The average Bonchev–Trinajstić information content (AvgIpc) is 2.86. The Morgan fingerprint density at radius 1 is 1.41 bits per heavy atom. The van der Waals surface area contributed by atoms with Gasteiger partial charge in [-0.3, -0.25) is 9.59 Å². The highest BCUT2D eigenvalue weighted by atomic mass is 16.2. The van der Waals surface area contributed by atoms with E-state index in [2.05, 4.69) is 10.6 Å². The van der Waals surface area contributed by atoms with Gasteiger partial charge in [0, 0.05) is 13.2 Å². The molecule has 2 N–H and O–H groups in total. The standard InChI is InChI=1S/C12H15N3O2/c1-15-6-8-10(9(15)7-16)13-11(17)12(14-8)4-2-3-5-12/h6-7,14H,2-5H2,1H3,(H,13,17). The minimum absolute atomic E-state index is 0.00296. The van der Waals surface area contributed by atoms with Crippen LogP contribution < -0.4 is 10.6 Å². The molecule has 1 aliphatic carbocycles. The first-order chi connectivity index (χ1) is 8.16. The van der Waals surface area contributed by atoms with Gasteiger partial charge in [-0.25, -0.2) is 0 Å². The van der Waals surface area contributed by atoms with Crippen molar-refractivity contribution >= 4 is 23.6 Å². The molecule has 17 heavy (non-hydrogen) atoms. The van der Waals surface area contributed by atoms with Gasteiger partial charge >= 0.3 is 0 Å². The maximum absolute atomic E-state index is 12.2. The molecular formula is C12H15N3O2. The van der Waals surface area contributed by atoms with E-state index >= 15 is 0 Å². The van der Waals surface area contributed by atoms with E-state index in [1.807, 2.05) is 6.20 Å². The number of rotatable bonds is 1. The van der Waals surface area contributed by atoms with E-state index < -0.39 is 5.54 Å². The van der Waals surface area contributed by atoms with Gasteiger partial charge in [0.1, 0.15) is 11.2 Å². The van der Waals surface area contributed by atoms with E-state index in [4.69, 9.17) is 0 Å². The first-order valence-electron chi connectivity index (χ1n) is 5.90. The van der Waals surface area contributed by atoms with Crippen LogP contribution in [-0.4, -0.2) is 22.3 Å². The van der Waals surface area contributed by atoms with Crippen LogP contribution in [0, 0.1) is 0 Å². The summed E-state index contributed by atoms with van der Waals surface area (Å²) in [6.07, 6.45) is 6.51. The maximum atomic E-state index is 12.2. The van der Waals surface area contributed by atoms with E-state index in [0.717, 1.165) is 37.7 Å². The molecule has 5 nitrogen and oxygen atoms in total. The summed E-state index contributed by atoms with van der Waals surface area (Å²) in [5, 5.41) is 6.21. The third-order valence-corrected chi connectivity index (χ3v) is 3.84. The van der Waals surface area contributed by atoms with Gasteiger partial charge < -0.3 is 15.2 Å². The molecule has 1 fully saturated rings. The second kappa shape index (κ2) is 3.35. The van der Waals surface area contributed by atoms with Gasteiger partial charge in [-0.1, -0.05) is 12.8 Å². The highest BCUT2D eigenvalue weighted by Crippen LogP contribution is 2.41. The third-order valence-electron chi connectivity index (χ3n) is 3.84. The Morgan fingerprint density at radius 3 is 2.76 bits per heavy atom. The van der Waals surface area contributed by atoms with Gasteiger partial charge in [-0.2, -0.15) is 0 Å². The fraction of sp³-hybridized carbons (Fsp3) is 0.500. The van der Waals surface area contributed by atoms with Gasteiger partial charge in [-0.05, 0) is 12.8 Å². The van der Waals surface area contributed by atoms with Gasteiger partial charge in [0.25, 0.3) is 0 Å². The van der Waals surface area contributed by atoms with E-state index in [1.54, 1.807) is 11.6 Å². The molecule has 2 aliphatic rings. The zero-order chi connectivity index (χ0) is 12.0. The number of nitrogens with one attached hydrogen (secondary N) is 2. The predicted octanol–water partition coefficient (Wildman–Crippen LogP) is 1.51. The number of amides is 1. The lowest BCUT2D eigenvalue weighted by Gasteiger charge is -2.34. The predicted molar refractivity (Wildman–Crippen MR) is 64.3 cm³/mol. The summed E-state index contributed by atoms with van der Waals surface area (Å²) in [7, 11) is 1.80. The Balaban J connectivity index is 2.06. The van der Waals surface area contributed by atoms with Crippen molar-refractivity contribution in [3.63, 3.8) is 0 Å². The molecule has 0 aromatic carbocycles. The minimum atomic E-state index is -0.450. The summed E-state index contributed by atoms with van der Waals surface area (Å²) < 4.78 is 1.74. The summed E-state index contributed by atoms with van der Waals surface area (Å²) in [4.78, 5) is 23.1. The lowest BCUT2D eigenvalue weighted by Crippen LogP contribution is -2.50. The Hall–Kier alpha value is -1.78. The van der Waals surface area contributed by atoms with Crippen LogP contribution in [0.15, 0.2) is 6.20 Å². The molecule has 0 atom stereocenters. The smallest absolute Gasteiger partial charge is 0.250 e. The van der Waals surface area contributed by atoms with E-state index in [9.17, 15) is 9.59 Å². The highest BCUT2D eigenvalue weighted by molar-refractivity contribution is 6.09. The molecule has 3 rings (SSSR count). The topological polar surface area (TPSA) is 63.1 Å². The Bertz CT molecular complexity index is 498. The van der Waals surface area contributed by atoms with Crippen molar-refractivity contribution in [1.82, 2.24) is 4.57 Å². The molecule has 1 aromatic heterocycles. The minimum Gasteiger partial charge on any atom is -0.368 e. The van der Waals surface area contributed by atoms with Crippen molar-refractivity contribution < 1.29 is 9.59 Å². The fourth-order valence-electron chi connectivity index (χ4n) is 2.89. The number of anilines is 2. The molecule has 0 bridgehead atoms. The number of hydrogen-bond donors (Lipinski definition) is 2. The largest absolute Gasteiger partial charge is 0.368 e. The normalized spacial score (nSPS) is 20.9. The number of carbonyl (C=O) groups is 2. The van der Waals surface area contributed by atoms with Crippen LogP contribution >= 0.6 is 0 Å². The average molecular weight is 233 g/mol. The summed E-state index contributed by atoms with van der Waals surface area (Å²) in [5.74, 6) is -0.00296. The van der Waals surface area contributed by atoms with E-state index in [1.165, 1.54) is 0 Å². The van der Waals surface area contributed by atoms with Crippen molar-refractivity contribution in [3.05, 3.63) is 11.9 Å². The maximum Gasteiger partial charge on any atom is 0.250 e. The number of hydrogen-bond acceptors (Lipinski definition) is 3. The van der Waals surface area contributed by atoms with Crippen molar-refractivity contribution in [1.29, 1.82) is 0 Å². The second-order valence-electron chi connectivity index (χ2n) is 4.90. The van der Waals surface area contributed by atoms with Gasteiger partial charge in [0.2, 0.25) is 5.91 Å². The van der Waals surface area contributed by atoms with Crippen molar-refractivity contribution in [3.8, 4) is 0 Å². The summed E-state index contributed by atoms with van der Waals surface area (Å²) in [5.41, 5.74) is 1.53. The van der Waals surface area contributed by atoms with Crippen LogP contribution in [0.25, 0.3) is 0 Å². The number of carbonyl (C=O) groups excluding carboxylic acids is 2. The van der Waals surface area contributed by atoms with Gasteiger partial charge in [0.15, 0.2) is 6.29 Å². The van der Waals surface area contributed by atoms with Crippen LogP contribution in [0.5, 0.6) is 0 Å². The number of fused-ring (bicyclic) bond motifs is 1. The van der Waals surface area contributed by atoms with E-state index in [-0.39, 0.29) is 5.91 Å². The van der Waals surface area contributed by atoms with Crippen LogP contribution in [0.3, 0.4) is 0 Å². The third kappa shape index (κ3) is 1.31.